The minimum Gasteiger partial charge on any atom is -0.370 e. The van der Waals surface area contributed by atoms with Gasteiger partial charge in [0, 0.05) is 26.1 Å². The molecule has 0 aromatic carbocycles. The Kier molecular flexibility index (Phi) is 4.39. The maximum atomic E-state index is 5.85. The third-order valence-corrected chi connectivity index (χ3v) is 3.43. The van der Waals surface area contributed by atoms with E-state index in [0.29, 0.717) is 17.8 Å². The van der Waals surface area contributed by atoms with Crippen molar-refractivity contribution in [1.82, 2.24) is 20.1 Å². The lowest BCUT2D eigenvalue weighted by atomic mass is 9.99. The molecular weight excluding hydrogens is 240 g/mol. The Hall–Kier alpha value is -1.59. The molecule has 2 rings (SSSR count). The average molecular weight is 264 g/mol. The van der Waals surface area contributed by atoms with Gasteiger partial charge in [-0.25, -0.2) is 0 Å². The largest absolute Gasteiger partial charge is 0.370 e. The van der Waals surface area contributed by atoms with Gasteiger partial charge in [-0.1, -0.05) is 13.8 Å². The second-order valence-corrected chi connectivity index (χ2v) is 5.68. The van der Waals surface area contributed by atoms with Gasteiger partial charge in [0.2, 0.25) is 0 Å². The molecule has 0 saturated heterocycles. The molecule has 3 N–H and O–H groups in total. The SMILES string of the molecule is Cc1nnc2n1CC(CNC(N)=NCC(C)C)CC2. The highest BCUT2D eigenvalue weighted by Crippen LogP contribution is 2.18. The van der Waals surface area contributed by atoms with Crippen molar-refractivity contribution in [2.24, 2.45) is 22.6 Å². The lowest BCUT2D eigenvalue weighted by Gasteiger charge is -2.24. The first-order valence-corrected chi connectivity index (χ1v) is 6.98. The zero-order valence-corrected chi connectivity index (χ0v) is 12.1. The van der Waals surface area contributed by atoms with E-state index in [1.165, 1.54) is 0 Å². The second-order valence-electron chi connectivity index (χ2n) is 5.68. The molecule has 0 amide bonds. The number of guanidine groups is 1. The minimum atomic E-state index is 0.539. The summed E-state index contributed by atoms with van der Waals surface area (Å²) < 4.78 is 2.21. The fourth-order valence-electron chi connectivity index (χ4n) is 2.28. The zero-order valence-electron chi connectivity index (χ0n) is 12.1. The van der Waals surface area contributed by atoms with Crippen molar-refractivity contribution in [1.29, 1.82) is 0 Å². The highest BCUT2D eigenvalue weighted by Gasteiger charge is 2.21. The van der Waals surface area contributed by atoms with Gasteiger partial charge in [0.05, 0.1) is 0 Å². The summed E-state index contributed by atoms with van der Waals surface area (Å²) in [5.74, 6) is 3.77. The number of fused-ring (bicyclic) bond motifs is 1. The number of aromatic nitrogens is 3. The molecule has 0 saturated carbocycles. The van der Waals surface area contributed by atoms with Gasteiger partial charge in [-0.2, -0.15) is 0 Å². The highest BCUT2D eigenvalue weighted by atomic mass is 15.3. The molecule has 1 aromatic heterocycles. The molecule has 106 valence electrons. The Morgan fingerprint density at radius 1 is 1.53 bits per heavy atom. The number of nitrogens with zero attached hydrogens (tertiary/aromatic N) is 4. The van der Waals surface area contributed by atoms with Crippen molar-refractivity contribution < 1.29 is 0 Å². The standard InChI is InChI=1S/C13H24N6/c1-9(2)6-15-13(14)16-7-11-4-5-12-18-17-10(3)19(12)8-11/h9,11H,4-8H2,1-3H3,(H3,14,15,16). The molecule has 6 nitrogen and oxygen atoms in total. The summed E-state index contributed by atoms with van der Waals surface area (Å²) in [6, 6.07) is 0. The van der Waals surface area contributed by atoms with E-state index in [-0.39, 0.29) is 0 Å². The molecule has 6 heteroatoms. The molecular formula is C13H24N6. The van der Waals surface area contributed by atoms with E-state index in [1.54, 1.807) is 0 Å². The van der Waals surface area contributed by atoms with E-state index in [1.807, 2.05) is 6.92 Å². The fraction of sp³-hybridized carbons (Fsp3) is 0.769. The van der Waals surface area contributed by atoms with Gasteiger partial charge in [-0.05, 0) is 25.2 Å². The van der Waals surface area contributed by atoms with Crippen LogP contribution in [0.3, 0.4) is 0 Å². The maximum absolute atomic E-state index is 5.85. The summed E-state index contributed by atoms with van der Waals surface area (Å²) in [5.41, 5.74) is 5.85. The van der Waals surface area contributed by atoms with Gasteiger partial charge in [-0.15, -0.1) is 10.2 Å². The van der Waals surface area contributed by atoms with Gasteiger partial charge in [-0.3, -0.25) is 4.99 Å². The van der Waals surface area contributed by atoms with Crippen LogP contribution in [0.5, 0.6) is 0 Å². The van der Waals surface area contributed by atoms with E-state index in [2.05, 4.69) is 38.9 Å². The summed E-state index contributed by atoms with van der Waals surface area (Å²) in [4.78, 5) is 4.31. The lowest BCUT2D eigenvalue weighted by Crippen LogP contribution is -2.38. The molecule has 0 fully saturated rings. The van der Waals surface area contributed by atoms with Gasteiger partial charge in [0.1, 0.15) is 11.6 Å². The molecule has 1 atom stereocenters. The summed E-state index contributed by atoms with van der Waals surface area (Å²) >= 11 is 0. The third-order valence-electron chi connectivity index (χ3n) is 3.43. The van der Waals surface area contributed by atoms with Crippen molar-refractivity contribution in [3.05, 3.63) is 11.6 Å². The van der Waals surface area contributed by atoms with Crippen molar-refractivity contribution in [2.75, 3.05) is 13.1 Å². The summed E-state index contributed by atoms with van der Waals surface area (Å²) in [5, 5.41) is 11.5. The van der Waals surface area contributed by atoms with Crippen LogP contribution in [-0.2, 0) is 13.0 Å². The first-order valence-electron chi connectivity index (χ1n) is 6.98. The van der Waals surface area contributed by atoms with Crippen LogP contribution < -0.4 is 11.1 Å². The number of nitrogens with two attached hydrogens (primary N) is 1. The van der Waals surface area contributed by atoms with Crippen LogP contribution in [0.4, 0.5) is 0 Å². The quantitative estimate of drug-likeness (QED) is 0.620. The van der Waals surface area contributed by atoms with Crippen LogP contribution in [0.25, 0.3) is 0 Å². The monoisotopic (exact) mass is 264 g/mol. The number of hydrogen-bond acceptors (Lipinski definition) is 3. The number of aryl methyl sites for hydroxylation is 2. The fourth-order valence-corrected chi connectivity index (χ4v) is 2.28. The minimum absolute atomic E-state index is 0.539. The van der Waals surface area contributed by atoms with E-state index in [0.717, 1.165) is 44.1 Å². The lowest BCUT2D eigenvalue weighted by molar-refractivity contribution is 0.359. The molecule has 2 heterocycles. The van der Waals surface area contributed by atoms with E-state index in [4.69, 9.17) is 5.73 Å². The van der Waals surface area contributed by atoms with Crippen LogP contribution >= 0.6 is 0 Å². The van der Waals surface area contributed by atoms with Crippen LogP contribution in [-0.4, -0.2) is 33.8 Å². The first-order chi connectivity index (χ1) is 9.06. The third kappa shape index (κ3) is 3.68. The van der Waals surface area contributed by atoms with Crippen LogP contribution in [0, 0.1) is 18.8 Å². The number of hydrogen-bond donors (Lipinski definition) is 2. The van der Waals surface area contributed by atoms with Crippen LogP contribution in [0.1, 0.15) is 31.9 Å². The van der Waals surface area contributed by atoms with Gasteiger partial charge in [0.25, 0.3) is 0 Å². The Labute approximate surface area is 114 Å². The number of rotatable bonds is 4. The van der Waals surface area contributed by atoms with E-state index in [9.17, 15) is 0 Å². The molecule has 0 aliphatic carbocycles. The summed E-state index contributed by atoms with van der Waals surface area (Å²) in [6.45, 7) is 8.88. The van der Waals surface area contributed by atoms with Crippen molar-refractivity contribution in [2.45, 2.75) is 40.2 Å². The number of nitrogens with one attached hydrogen (secondary N) is 1. The predicted octanol–water partition coefficient (Wildman–Crippen LogP) is 0.709. The summed E-state index contributed by atoms with van der Waals surface area (Å²) in [7, 11) is 0. The molecule has 1 aromatic rings. The molecule has 1 aliphatic rings. The Bertz CT molecular complexity index is 448. The molecule has 19 heavy (non-hydrogen) atoms. The van der Waals surface area contributed by atoms with Crippen molar-refractivity contribution in [3.8, 4) is 0 Å². The Balaban J connectivity index is 1.82. The van der Waals surface area contributed by atoms with Crippen LogP contribution in [0.2, 0.25) is 0 Å². The van der Waals surface area contributed by atoms with E-state index < -0.39 is 0 Å². The first kappa shape index (κ1) is 13.8. The topological polar surface area (TPSA) is 81.1 Å². The Morgan fingerprint density at radius 2 is 2.32 bits per heavy atom. The predicted molar refractivity (Wildman–Crippen MR) is 75.9 cm³/mol. The van der Waals surface area contributed by atoms with Crippen molar-refractivity contribution in [3.63, 3.8) is 0 Å². The second kappa shape index (κ2) is 6.04. The van der Waals surface area contributed by atoms with Gasteiger partial charge in [0.15, 0.2) is 5.96 Å². The molecule has 1 aliphatic heterocycles. The molecule has 0 bridgehead atoms. The van der Waals surface area contributed by atoms with Crippen LogP contribution in [0.15, 0.2) is 4.99 Å². The molecule has 0 spiro atoms. The van der Waals surface area contributed by atoms with Gasteiger partial charge >= 0.3 is 0 Å². The average Bonchev–Trinajstić information content (AvgIpc) is 2.75. The molecule has 1 unspecified atom stereocenters. The Morgan fingerprint density at radius 3 is 3.05 bits per heavy atom. The van der Waals surface area contributed by atoms with Gasteiger partial charge < -0.3 is 15.6 Å². The van der Waals surface area contributed by atoms with E-state index >= 15 is 0 Å². The maximum Gasteiger partial charge on any atom is 0.188 e. The smallest absolute Gasteiger partial charge is 0.188 e. The zero-order chi connectivity index (χ0) is 13.8. The highest BCUT2D eigenvalue weighted by molar-refractivity contribution is 5.77. The normalized spacial score (nSPS) is 19.6. The summed E-state index contributed by atoms with van der Waals surface area (Å²) in [6.07, 6.45) is 2.12. The molecule has 0 radical (unpaired) electrons. The van der Waals surface area contributed by atoms with Crippen molar-refractivity contribution >= 4 is 5.96 Å². The number of aliphatic imine (C=N–C) groups is 1.